The van der Waals surface area contributed by atoms with E-state index in [0.29, 0.717) is 12.8 Å². The van der Waals surface area contributed by atoms with Gasteiger partial charge in [-0.3, -0.25) is 14.4 Å². The highest BCUT2D eigenvalue weighted by Gasteiger charge is 2.16. The number of carbonyl (C=O) groups is 2. The van der Waals surface area contributed by atoms with E-state index in [2.05, 4.69) is 0 Å². The molecule has 1 rings (SSSR count). The molecule has 4 nitrogen and oxygen atoms in total. The Balaban J connectivity index is 2.92. The predicted molar refractivity (Wildman–Crippen MR) is 69.5 cm³/mol. The van der Waals surface area contributed by atoms with Crippen LogP contribution in [0.4, 0.5) is 0 Å². The summed E-state index contributed by atoms with van der Waals surface area (Å²) in [7, 11) is 1.42. The third-order valence-electron chi connectivity index (χ3n) is 2.37. The highest BCUT2D eigenvalue weighted by molar-refractivity contribution is 6.13. The molecule has 1 amide bonds. The van der Waals surface area contributed by atoms with E-state index in [-0.39, 0.29) is 5.57 Å². The maximum Gasteiger partial charge on any atom is 0.280 e. The smallest absolute Gasteiger partial charge is 0.280 e. The topological polar surface area (TPSA) is 46.6 Å². The summed E-state index contributed by atoms with van der Waals surface area (Å²) in [6.07, 6.45) is 2.87. The van der Waals surface area contributed by atoms with Crippen LogP contribution in [-0.4, -0.2) is 30.9 Å². The monoisotopic (exact) mass is 247 g/mol. The highest BCUT2D eigenvalue weighted by Crippen LogP contribution is 2.08. The van der Waals surface area contributed by atoms with Crippen LogP contribution in [0.2, 0.25) is 0 Å². The fraction of sp³-hybridized carbons (Fsp3) is 0.286. The summed E-state index contributed by atoms with van der Waals surface area (Å²) >= 11 is 0. The first-order valence-corrected chi connectivity index (χ1v) is 5.80. The molecule has 1 aromatic carbocycles. The molecule has 0 atom stereocenters. The van der Waals surface area contributed by atoms with E-state index in [4.69, 9.17) is 4.84 Å². The van der Waals surface area contributed by atoms with Crippen molar-refractivity contribution in [3.05, 3.63) is 41.5 Å². The minimum absolute atomic E-state index is 0.0801. The number of benzene rings is 1. The van der Waals surface area contributed by atoms with E-state index >= 15 is 0 Å². The molecule has 0 spiro atoms. The predicted octanol–water partition coefficient (Wildman–Crippen LogP) is 2.07. The zero-order chi connectivity index (χ0) is 13.4. The van der Waals surface area contributed by atoms with Crippen LogP contribution in [0, 0.1) is 0 Å². The molecule has 18 heavy (non-hydrogen) atoms. The lowest BCUT2D eigenvalue weighted by atomic mass is 10.1. The Morgan fingerprint density at radius 1 is 1.33 bits per heavy atom. The van der Waals surface area contributed by atoms with E-state index in [1.165, 1.54) is 12.2 Å². The Morgan fingerprint density at radius 3 is 2.50 bits per heavy atom. The lowest BCUT2D eigenvalue weighted by molar-refractivity contribution is -0.171. The van der Waals surface area contributed by atoms with Crippen LogP contribution in [0.3, 0.4) is 0 Å². The first-order valence-electron chi connectivity index (χ1n) is 5.80. The van der Waals surface area contributed by atoms with Gasteiger partial charge in [0.05, 0.1) is 12.7 Å². The average Bonchev–Trinajstić information content (AvgIpc) is 2.42. The van der Waals surface area contributed by atoms with Crippen LogP contribution in [0.25, 0.3) is 6.08 Å². The number of aldehydes is 1. The summed E-state index contributed by atoms with van der Waals surface area (Å²) in [5.74, 6) is -0.418. The molecule has 0 bridgehead atoms. The van der Waals surface area contributed by atoms with Gasteiger partial charge in [-0.05, 0) is 18.1 Å². The van der Waals surface area contributed by atoms with Crippen molar-refractivity contribution < 1.29 is 14.4 Å². The van der Waals surface area contributed by atoms with Gasteiger partial charge < -0.3 is 0 Å². The molecule has 0 saturated heterocycles. The Labute approximate surface area is 107 Å². The highest BCUT2D eigenvalue weighted by atomic mass is 16.7. The minimum Gasteiger partial charge on any atom is -0.298 e. The fourth-order valence-corrected chi connectivity index (χ4v) is 1.50. The second-order valence-corrected chi connectivity index (χ2v) is 3.72. The maximum absolute atomic E-state index is 12.0. The third-order valence-corrected chi connectivity index (χ3v) is 2.37. The molecular weight excluding hydrogens is 230 g/mol. The number of rotatable bonds is 6. The van der Waals surface area contributed by atoms with Crippen molar-refractivity contribution in [3.8, 4) is 0 Å². The van der Waals surface area contributed by atoms with Crippen LogP contribution in [0.5, 0.6) is 0 Å². The van der Waals surface area contributed by atoms with Crippen molar-refractivity contribution in [1.29, 1.82) is 0 Å². The van der Waals surface area contributed by atoms with Crippen LogP contribution in [0.1, 0.15) is 18.9 Å². The van der Waals surface area contributed by atoms with Crippen molar-refractivity contribution in [2.24, 2.45) is 0 Å². The molecule has 0 fully saturated rings. The van der Waals surface area contributed by atoms with Gasteiger partial charge in [0.1, 0.15) is 0 Å². The molecule has 4 heteroatoms. The van der Waals surface area contributed by atoms with Crippen LogP contribution >= 0.6 is 0 Å². The Hall–Kier alpha value is -1.94. The van der Waals surface area contributed by atoms with E-state index in [1.807, 2.05) is 37.3 Å². The standard InChI is InChI=1S/C14H17NO3/c1-3-9-15(18-2)14(17)13(11-16)10-12-7-5-4-6-8-12/h4-8,10-11H,3,9H2,1-2H3. The van der Waals surface area contributed by atoms with Crippen molar-refractivity contribution in [3.63, 3.8) is 0 Å². The molecule has 0 aliphatic rings. The first kappa shape index (κ1) is 14.1. The molecule has 0 unspecified atom stereocenters. The van der Waals surface area contributed by atoms with E-state index in [1.54, 1.807) is 6.08 Å². The molecular formula is C14H17NO3. The quantitative estimate of drug-likeness (QED) is 0.254. The lowest BCUT2D eigenvalue weighted by Gasteiger charge is -2.18. The molecule has 1 aromatic rings. The van der Waals surface area contributed by atoms with Crippen LogP contribution in [-0.2, 0) is 14.4 Å². The Kier molecular flexibility index (Phi) is 5.80. The molecule has 0 aliphatic carbocycles. The molecule has 0 aliphatic heterocycles. The normalized spacial score (nSPS) is 11.1. The van der Waals surface area contributed by atoms with Crippen molar-refractivity contribution in [2.75, 3.05) is 13.7 Å². The minimum atomic E-state index is -0.418. The lowest BCUT2D eigenvalue weighted by Crippen LogP contribution is -2.32. The second-order valence-electron chi connectivity index (χ2n) is 3.72. The maximum atomic E-state index is 12.0. The molecule has 0 saturated carbocycles. The average molecular weight is 247 g/mol. The van der Waals surface area contributed by atoms with Gasteiger partial charge in [-0.2, -0.15) is 0 Å². The summed E-state index contributed by atoms with van der Waals surface area (Å²) in [6, 6.07) is 9.22. The van der Waals surface area contributed by atoms with Gasteiger partial charge >= 0.3 is 0 Å². The number of hydrogen-bond acceptors (Lipinski definition) is 3. The van der Waals surface area contributed by atoms with Gasteiger partial charge in [-0.25, -0.2) is 5.06 Å². The van der Waals surface area contributed by atoms with Gasteiger partial charge in [0.15, 0.2) is 6.29 Å². The zero-order valence-corrected chi connectivity index (χ0v) is 10.6. The number of hydrogen-bond donors (Lipinski definition) is 0. The fourth-order valence-electron chi connectivity index (χ4n) is 1.50. The van der Waals surface area contributed by atoms with Gasteiger partial charge in [0.2, 0.25) is 0 Å². The molecule has 0 N–H and O–H groups in total. The number of nitrogens with zero attached hydrogens (tertiary/aromatic N) is 1. The van der Waals surface area contributed by atoms with E-state index < -0.39 is 5.91 Å². The molecule has 0 heterocycles. The van der Waals surface area contributed by atoms with Gasteiger partial charge in [0, 0.05) is 6.54 Å². The number of amides is 1. The van der Waals surface area contributed by atoms with Gasteiger partial charge in [-0.1, -0.05) is 37.3 Å². The van der Waals surface area contributed by atoms with Crippen molar-refractivity contribution in [2.45, 2.75) is 13.3 Å². The van der Waals surface area contributed by atoms with Gasteiger partial charge in [0.25, 0.3) is 5.91 Å². The van der Waals surface area contributed by atoms with Crippen molar-refractivity contribution in [1.82, 2.24) is 5.06 Å². The first-order chi connectivity index (χ1) is 8.72. The molecule has 0 radical (unpaired) electrons. The third kappa shape index (κ3) is 3.82. The van der Waals surface area contributed by atoms with Gasteiger partial charge in [-0.15, -0.1) is 0 Å². The number of carbonyl (C=O) groups excluding carboxylic acids is 2. The summed E-state index contributed by atoms with van der Waals surface area (Å²) in [5.41, 5.74) is 0.886. The second kappa shape index (κ2) is 7.40. The van der Waals surface area contributed by atoms with Crippen LogP contribution < -0.4 is 0 Å². The Bertz CT molecular complexity index is 426. The van der Waals surface area contributed by atoms with Crippen LogP contribution in [0.15, 0.2) is 35.9 Å². The summed E-state index contributed by atoms with van der Waals surface area (Å²) in [5, 5.41) is 1.18. The Morgan fingerprint density at radius 2 is 2.00 bits per heavy atom. The summed E-state index contributed by atoms with van der Waals surface area (Å²) in [6.45, 7) is 2.39. The largest absolute Gasteiger partial charge is 0.298 e. The summed E-state index contributed by atoms with van der Waals surface area (Å²) in [4.78, 5) is 28.0. The molecule has 96 valence electrons. The zero-order valence-electron chi connectivity index (χ0n) is 10.6. The van der Waals surface area contributed by atoms with E-state index in [0.717, 1.165) is 12.0 Å². The van der Waals surface area contributed by atoms with E-state index in [9.17, 15) is 9.59 Å². The number of hydroxylamine groups is 2. The molecule has 0 aromatic heterocycles. The summed E-state index contributed by atoms with van der Waals surface area (Å²) < 4.78 is 0. The SMILES string of the molecule is CCCN(OC)C(=O)C(C=O)=Cc1ccccc1. The van der Waals surface area contributed by atoms with Crippen molar-refractivity contribution >= 4 is 18.3 Å².